The predicted octanol–water partition coefficient (Wildman–Crippen LogP) is 4.14. The van der Waals surface area contributed by atoms with Crippen molar-refractivity contribution in [1.82, 2.24) is 0 Å². The maximum Gasteiger partial charge on any atom is 0.0729 e. The van der Waals surface area contributed by atoms with Crippen molar-refractivity contribution in [2.24, 2.45) is 17.3 Å². The van der Waals surface area contributed by atoms with E-state index >= 15 is 0 Å². The van der Waals surface area contributed by atoms with Gasteiger partial charge < -0.3 is 5.11 Å². The number of rotatable bonds is 2. The third-order valence-corrected chi connectivity index (χ3v) is 5.58. The van der Waals surface area contributed by atoms with E-state index in [1.54, 1.807) is 0 Å². The van der Waals surface area contributed by atoms with Crippen molar-refractivity contribution in [1.29, 1.82) is 0 Å². The molecule has 1 N–H and O–H groups in total. The molecule has 0 spiro atoms. The van der Waals surface area contributed by atoms with Crippen LogP contribution in [0.1, 0.15) is 72.1 Å². The van der Waals surface area contributed by atoms with Crippen LogP contribution in [0, 0.1) is 17.3 Å². The highest BCUT2D eigenvalue weighted by Crippen LogP contribution is 2.55. The maximum atomic E-state index is 11.1. The molecule has 0 bridgehead atoms. The Kier molecular flexibility index (Phi) is 3.36. The average molecular weight is 224 g/mol. The molecule has 0 radical (unpaired) electrons. The Morgan fingerprint density at radius 3 is 2.31 bits per heavy atom. The lowest BCUT2D eigenvalue weighted by molar-refractivity contribution is -0.119. The van der Waals surface area contributed by atoms with E-state index in [0.29, 0.717) is 5.92 Å². The molecule has 0 aromatic carbocycles. The van der Waals surface area contributed by atoms with Crippen LogP contribution in [0.5, 0.6) is 0 Å². The lowest BCUT2D eigenvalue weighted by atomic mass is 9.61. The Morgan fingerprint density at radius 2 is 1.75 bits per heavy atom. The molecule has 3 unspecified atom stereocenters. The Balaban J connectivity index is 2.20. The lowest BCUT2D eigenvalue weighted by Crippen LogP contribution is -2.50. The highest BCUT2D eigenvalue weighted by Gasteiger charge is 2.53. The topological polar surface area (TPSA) is 20.2 Å². The highest BCUT2D eigenvalue weighted by molar-refractivity contribution is 5.04. The van der Waals surface area contributed by atoms with E-state index in [0.717, 1.165) is 12.3 Å². The molecule has 2 fully saturated rings. The Morgan fingerprint density at radius 1 is 1.06 bits per heavy atom. The second kappa shape index (κ2) is 4.33. The van der Waals surface area contributed by atoms with Gasteiger partial charge in [0, 0.05) is 0 Å². The van der Waals surface area contributed by atoms with Crippen molar-refractivity contribution < 1.29 is 5.11 Å². The van der Waals surface area contributed by atoms with Crippen molar-refractivity contribution in [3.63, 3.8) is 0 Å². The minimum absolute atomic E-state index is 0.141. The van der Waals surface area contributed by atoms with E-state index in [1.807, 2.05) is 0 Å². The molecule has 2 aliphatic rings. The smallest absolute Gasteiger partial charge is 0.0729 e. The molecule has 94 valence electrons. The minimum atomic E-state index is -0.367. The summed E-state index contributed by atoms with van der Waals surface area (Å²) in [5.41, 5.74) is -0.226. The molecular weight excluding hydrogens is 196 g/mol. The summed E-state index contributed by atoms with van der Waals surface area (Å²) < 4.78 is 0. The van der Waals surface area contributed by atoms with E-state index in [2.05, 4.69) is 20.8 Å². The van der Waals surface area contributed by atoms with E-state index < -0.39 is 0 Å². The zero-order valence-corrected chi connectivity index (χ0v) is 11.3. The van der Waals surface area contributed by atoms with Crippen LogP contribution in [0.3, 0.4) is 0 Å². The summed E-state index contributed by atoms with van der Waals surface area (Å²) in [5, 5.41) is 11.1. The molecule has 2 rings (SSSR count). The fourth-order valence-electron chi connectivity index (χ4n) is 4.37. The van der Waals surface area contributed by atoms with Gasteiger partial charge in [-0.2, -0.15) is 0 Å². The van der Waals surface area contributed by atoms with Gasteiger partial charge in [0.05, 0.1) is 5.60 Å². The van der Waals surface area contributed by atoms with Crippen molar-refractivity contribution in [2.45, 2.75) is 77.7 Å². The van der Waals surface area contributed by atoms with Crippen LogP contribution < -0.4 is 0 Å². The molecule has 0 aliphatic heterocycles. The highest BCUT2D eigenvalue weighted by atomic mass is 16.3. The fraction of sp³-hybridized carbons (Fsp3) is 1.00. The molecule has 3 atom stereocenters. The van der Waals surface area contributed by atoms with Crippen LogP contribution in [0.4, 0.5) is 0 Å². The first-order valence-electron chi connectivity index (χ1n) is 7.23. The number of aliphatic hydroxyl groups is 1. The first-order valence-corrected chi connectivity index (χ1v) is 7.23. The Labute approximate surface area is 101 Å². The van der Waals surface area contributed by atoms with Gasteiger partial charge in [0.2, 0.25) is 0 Å². The van der Waals surface area contributed by atoms with Crippen LogP contribution >= 0.6 is 0 Å². The molecule has 0 aromatic rings. The van der Waals surface area contributed by atoms with Gasteiger partial charge >= 0.3 is 0 Å². The molecule has 0 heterocycles. The van der Waals surface area contributed by atoms with Crippen molar-refractivity contribution in [2.75, 3.05) is 0 Å². The van der Waals surface area contributed by atoms with Gasteiger partial charge in [-0.3, -0.25) is 0 Å². The van der Waals surface area contributed by atoms with Crippen molar-refractivity contribution in [3.8, 4) is 0 Å². The van der Waals surface area contributed by atoms with Crippen LogP contribution in [-0.4, -0.2) is 10.7 Å². The standard InChI is InChI=1S/C15H28O/c1-4-12-8-5-6-9-13(12)15(16)11-7-10-14(15,2)3/h12-13,16H,4-11H2,1-3H3. The van der Waals surface area contributed by atoms with Gasteiger partial charge in [0.15, 0.2) is 0 Å². The molecule has 16 heavy (non-hydrogen) atoms. The summed E-state index contributed by atoms with van der Waals surface area (Å²) in [5.74, 6) is 1.35. The molecule has 2 aliphatic carbocycles. The van der Waals surface area contributed by atoms with E-state index in [9.17, 15) is 5.11 Å². The second-order valence-electron chi connectivity index (χ2n) is 6.72. The van der Waals surface area contributed by atoms with Gasteiger partial charge in [-0.25, -0.2) is 0 Å². The van der Waals surface area contributed by atoms with Crippen LogP contribution in [-0.2, 0) is 0 Å². The minimum Gasteiger partial charge on any atom is -0.389 e. The largest absolute Gasteiger partial charge is 0.389 e. The van der Waals surface area contributed by atoms with Gasteiger partial charge in [-0.15, -0.1) is 0 Å². The molecule has 0 saturated heterocycles. The lowest BCUT2D eigenvalue weighted by Gasteiger charge is -2.48. The van der Waals surface area contributed by atoms with Gasteiger partial charge in [-0.1, -0.05) is 46.5 Å². The summed E-state index contributed by atoms with van der Waals surface area (Å²) in [6.45, 7) is 6.86. The first kappa shape index (κ1) is 12.4. The number of hydrogen-bond donors (Lipinski definition) is 1. The zero-order chi connectivity index (χ0) is 11.8. The van der Waals surface area contributed by atoms with Crippen LogP contribution in [0.25, 0.3) is 0 Å². The molecule has 2 saturated carbocycles. The maximum absolute atomic E-state index is 11.1. The Hall–Kier alpha value is -0.0400. The second-order valence-corrected chi connectivity index (χ2v) is 6.72. The third-order valence-electron chi connectivity index (χ3n) is 5.58. The molecule has 0 amide bonds. The molecular formula is C15H28O. The van der Waals surface area contributed by atoms with Crippen molar-refractivity contribution >= 4 is 0 Å². The van der Waals surface area contributed by atoms with E-state index in [4.69, 9.17) is 0 Å². The predicted molar refractivity (Wildman–Crippen MR) is 68.3 cm³/mol. The summed E-state index contributed by atoms with van der Waals surface area (Å²) >= 11 is 0. The summed E-state index contributed by atoms with van der Waals surface area (Å²) in [4.78, 5) is 0. The first-order chi connectivity index (χ1) is 7.51. The molecule has 1 nitrogen and oxygen atoms in total. The van der Waals surface area contributed by atoms with Gasteiger partial charge in [0.1, 0.15) is 0 Å². The zero-order valence-electron chi connectivity index (χ0n) is 11.3. The summed E-state index contributed by atoms with van der Waals surface area (Å²) in [6.07, 6.45) is 10.0. The van der Waals surface area contributed by atoms with Gasteiger partial charge in [-0.05, 0) is 42.9 Å². The van der Waals surface area contributed by atoms with Gasteiger partial charge in [0.25, 0.3) is 0 Å². The van der Waals surface area contributed by atoms with Crippen LogP contribution in [0.2, 0.25) is 0 Å². The van der Waals surface area contributed by atoms with E-state index in [1.165, 1.54) is 44.9 Å². The summed E-state index contributed by atoms with van der Waals surface area (Å²) in [7, 11) is 0. The quantitative estimate of drug-likeness (QED) is 0.747. The Bertz CT molecular complexity index is 246. The average Bonchev–Trinajstić information content (AvgIpc) is 2.54. The normalized spacial score (nSPS) is 43.5. The molecule has 1 heteroatoms. The van der Waals surface area contributed by atoms with Crippen LogP contribution in [0.15, 0.2) is 0 Å². The molecule has 0 aromatic heterocycles. The third kappa shape index (κ3) is 1.81. The SMILES string of the molecule is CCC1CCCCC1C1(O)CCCC1(C)C. The fourth-order valence-corrected chi connectivity index (χ4v) is 4.37. The van der Waals surface area contributed by atoms with E-state index in [-0.39, 0.29) is 11.0 Å². The number of hydrogen-bond acceptors (Lipinski definition) is 1. The van der Waals surface area contributed by atoms with Crippen molar-refractivity contribution in [3.05, 3.63) is 0 Å². The monoisotopic (exact) mass is 224 g/mol. The summed E-state index contributed by atoms with van der Waals surface area (Å²) in [6, 6.07) is 0.